The quantitative estimate of drug-likeness (QED) is 0.402. The van der Waals surface area contributed by atoms with Crippen molar-refractivity contribution >= 4 is 17.5 Å². The number of benzene rings is 3. The number of rotatable bonds is 5. The normalized spacial score (nSPS) is 20.5. The number of carbonyl (C=O) groups excluding carboxylic acids is 2. The molecule has 2 fully saturated rings. The Morgan fingerprint density at radius 2 is 1.60 bits per heavy atom. The van der Waals surface area contributed by atoms with E-state index in [0.717, 1.165) is 30.2 Å². The predicted molar refractivity (Wildman–Crippen MR) is 153 cm³/mol. The van der Waals surface area contributed by atoms with Crippen LogP contribution in [0.2, 0.25) is 0 Å². The van der Waals surface area contributed by atoms with Crippen LogP contribution >= 0.6 is 0 Å². The third-order valence-electron chi connectivity index (χ3n) is 8.41. The van der Waals surface area contributed by atoms with Gasteiger partial charge in [-0.25, -0.2) is 8.78 Å². The first-order valence-corrected chi connectivity index (χ1v) is 14.1. The lowest BCUT2D eigenvalue weighted by Crippen LogP contribution is -2.44. The maximum Gasteiger partial charge on any atom is 0.255 e. The molecule has 7 heteroatoms. The third-order valence-corrected chi connectivity index (χ3v) is 8.41. The summed E-state index contributed by atoms with van der Waals surface area (Å²) in [6.07, 6.45) is 1.63. The first-order valence-electron chi connectivity index (χ1n) is 14.1. The molecule has 2 unspecified atom stereocenters. The van der Waals surface area contributed by atoms with Gasteiger partial charge in [-0.2, -0.15) is 0 Å². The van der Waals surface area contributed by atoms with Crippen LogP contribution in [0.5, 0.6) is 0 Å². The number of nitrogens with one attached hydrogen (secondary N) is 1. The summed E-state index contributed by atoms with van der Waals surface area (Å²) in [7, 11) is 0. The monoisotopic (exact) mass is 545 g/mol. The van der Waals surface area contributed by atoms with Gasteiger partial charge in [0.1, 0.15) is 11.6 Å². The second-order valence-electron chi connectivity index (χ2n) is 12.0. The lowest BCUT2D eigenvalue weighted by Gasteiger charge is -2.35. The molecule has 0 aromatic heterocycles. The molecule has 0 bridgehead atoms. The van der Waals surface area contributed by atoms with Crippen molar-refractivity contribution in [1.82, 2.24) is 9.80 Å². The number of anilines is 1. The molecule has 2 amide bonds. The van der Waals surface area contributed by atoms with Crippen LogP contribution in [-0.4, -0.2) is 53.3 Å². The third kappa shape index (κ3) is 6.09. The van der Waals surface area contributed by atoms with Gasteiger partial charge in [-0.3, -0.25) is 14.5 Å². The molecule has 5 rings (SSSR count). The summed E-state index contributed by atoms with van der Waals surface area (Å²) in [5.41, 5.74) is 2.75. The van der Waals surface area contributed by atoms with Gasteiger partial charge in [-0.15, -0.1) is 0 Å². The van der Waals surface area contributed by atoms with E-state index >= 15 is 0 Å². The van der Waals surface area contributed by atoms with Gasteiger partial charge in [0.15, 0.2) is 0 Å². The van der Waals surface area contributed by atoms with E-state index < -0.39 is 11.6 Å². The topological polar surface area (TPSA) is 52.7 Å². The van der Waals surface area contributed by atoms with Gasteiger partial charge in [0.2, 0.25) is 5.91 Å². The minimum absolute atomic E-state index is 0.0443. The van der Waals surface area contributed by atoms with Crippen LogP contribution in [0.4, 0.5) is 14.5 Å². The van der Waals surface area contributed by atoms with Crippen LogP contribution in [0, 0.1) is 17.6 Å². The summed E-state index contributed by atoms with van der Waals surface area (Å²) < 4.78 is 28.5. The van der Waals surface area contributed by atoms with Crippen LogP contribution in [0.25, 0.3) is 0 Å². The maximum atomic E-state index is 14.8. The fraction of sp³-hybridized carbons (Fsp3) is 0.394. The molecule has 40 heavy (non-hydrogen) atoms. The molecular weight excluding hydrogens is 508 g/mol. The lowest BCUT2D eigenvalue weighted by atomic mass is 9.85. The summed E-state index contributed by atoms with van der Waals surface area (Å²) in [6, 6.07) is 20.8. The van der Waals surface area contributed by atoms with Crippen LogP contribution in [0.15, 0.2) is 72.8 Å². The molecule has 0 radical (unpaired) electrons. The average molecular weight is 546 g/mol. The number of hydrogen-bond acceptors (Lipinski definition) is 3. The fourth-order valence-corrected chi connectivity index (χ4v) is 6.05. The summed E-state index contributed by atoms with van der Waals surface area (Å²) in [6.45, 7) is 8.64. The van der Waals surface area contributed by atoms with Crippen molar-refractivity contribution < 1.29 is 18.4 Å². The average Bonchev–Trinajstić information content (AvgIpc) is 3.39. The van der Waals surface area contributed by atoms with E-state index in [1.54, 1.807) is 12.1 Å². The number of hydrogen-bond donors (Lipinski definition) is 1. The molecule has 0 spiro atoms. The minimum atomic E-state index is -0.611. The SMILES string of the molecule is CC(C)(C)N1CC(C(=O)N2CCC(c3cccc(NC(=O)c4ccccc4)c3)CC2)C(c2ccc(F)cc2F)C1. The number of nitrogens with zero attached hydrogens (tertiary/aromatic N) is 2. The van der Waals surface area contributed by atoms with Gasteiger partial charge in [0.25, 0.3) is 5.91 Å². The van der Waals surface area contributed by atoms with E-state index in [1.165, 1.54) is 12.1 Å². The smallest absolute Gasteiger partial charge is 0.255 e. The van der Waals surface area contributed by atoms with Gasteiger partial charge in [0, 0.05) is 55.0 Å². The molecule has 3 aromatic carbocycles. The van der Waals surface area contributed by atoms with Crippen molar-refractivity contribution in [2.24, 2.45) is 5.92 Å². The van der Waals surface area contributed by atoms with Crippen molar-refractivity contribution in [1.29, 1.82) is 0 Å². The Hall–Kier alpha value is -3.58. The Morgan fingerprint density at radius 3 is 2.27 bits per heavy atom. The standard InChI is InChI=1S/C33H37F2N3O2/c1-33(2,3)38-20-28(27-13-12-25(34)19-30(27)35)29(21-38)32(40)37-16-14-22(15-17-37)24-10-7-11-26(18-24)36-31(39)23-8-5-4-6-9-23/h4-13,18-19,22,28-29H,14-17,20-21H2,1-3H3,(H,36,39). The molecule has 2 aliphatic rings. The molecule has 2 heterocycles. The van der Waals surface area contributed by atoms with Crippen molar-refractivity contribution in [2.45, 2.75) is 51.0 Å². The van der Waals surface area contributed by atoms with Crippen LogP contribution in [0.3, 0.4) is 0 Å². The second kappa shape index (κ2) is 11.5. The number of amides is 2. The van der Waals surface area contributed by atoms with Gasteiger partial charge in [0.05, 0.1) is 5.92 Å². The molecule has 2 atom stereocenters. The zero-order chi connectivity index (χ0) is 28.4. The van der Waals surface area contributed by atoms with E-state index in [4.69, 9.17) is 0 Å². The highest BCUT2D eigenvalue weighted by molar-refractivity contribution is 6.04. The zero-order valence-corrected chi connectivity index (χ0v) is 23.4. The fourth-order valence-electron chi connectivity index (χ4n) is 6.05. The zero-order valence-electron chi connectivity index (χ0n) is 23.4. The van der Waals surface area contributed by atoms with E-state index in [2.05, 4.69) is 37.1 Å². The minimum Gasteiger partial charge on any atom is -0.342 e. The van der Waals surface area contributed by atoms with Gasteiger partial charge >= 0.3 is 0 Å². The van der Waals surface area contributed by atoms with Crippen molar-refractivity contribution in [3.63, 3.8) is 0 Å². The summed E-state index contributed by atoms with van der Waals surface area (Å²) >= 11 is 0. The van der Waals surface area contributed by atoms with Gasteiger partial charge in [-0.1, -0.05) is 36.4 Å². The van der Waals surface area contributed by atoms with Gasteiger partial charge < -0.3 is 10.2 Å². The van der Waals surface area contributed by atoms with Crippen LogP contribution < -0.4 is 5.32 Å². The Morgan fingerprint density at radius 1 is 0.875 bits per heavy atom. The van der Waals surface area contributed by atoms with Crippen LogP contribution in [0.1, 0.15) is 66.9 Å². The van der Waals surface area contributed by atoms with E-state index in [-0.39, 0.29) is 35.1 Å². The first kappa shape index (κ1) is 28.0. The molecule has 210 valence electrons. The molecule has 0 aliphatic carbocycles. The Balaban J connectivity index is 1.26. The number of piperidine rings is 1. The predicted octanol–water partition coefficient (Wildman–Crippen LogP) is 6.44. The number of likely N-dealkylation sites (tertiary alicyclic amines) is 2. The number of halogens is 2. The Kier molecular flexibility index (Phi) is 8.04. The largest absolute Gasteiger partial charge is 0.342 e. The molecular formula is C33H37F2N3O2. The molecule has 0 saturated carbocycles. The van der Waals surface area contributed by atoms with Crippen molar-refractivity contribution in [3.05, 3.63) is 101 Å². The van der Waals surface area contributed by atoms with E-state index in [9.17, 15) is 18.4 Å². The van der Waals surface area contributed by atoms with Gasteiger partial charge in [-0.05, 0) is 81.0 Å². The molecule has 1 N–H and O–H groups in total. The van der Waals surface area contributed by atoms with E-state index in [1.807, 2.05) is 41.3 Å². The highest BCUT2D eigenvalue weighted by atomic mass is 19.1. The molecule has 2 saturated heterocycles. The highest BCUT2D eigenvalue weighted by Crippen LogP contribution is 2.39. The van der Waals surface area contributed by atoms with Crippen molar-refractivity contribution in [2.75, 3.05) is 31.5 Å². The van der Waals surface area contributed by atoms with E-state index in [0.29, 0.717) is 37.3 Å². The second-order valence-corrected chi connectivity index (χ2v) is 12.0. The Bertz CT molecular complexity index is 1360. The number of carbonyl (C=O) groups is 2. The molecule has 5 nitrogen and oxygen atoms in total. The lowest BCUT2D eigenvalue weighted by molar-refractivity contribution is -0.136. The van der Waals surface area contributed by atoms with Crippen molar-refractivity contribution in [3.8, 4) is 0 Å². The Labute approximate surface area is 235 Å². The molecule has 2 aliphatic heterocycles. The first-order chi connectivity index (χ1) is 19.1. The summed E-state index contributed by atoms with van der Waals surface area (Å²) in [4.78, 5) is 30.6. The highest BCUT2D eigenvalue weighted by Gasteiger charge is 2.44. The molecule has 3 aromatic rings. The summed E-state index contributed by atoms with van der Waals surface area (Å²) in [5.74, 6) is -1.73. The maximum absolute atomic E-state index is 14.8. The summed E-state index contributed by atoms with van der Waals surface area (Å²) in [5, 5.41) is 2.98. The van der Waals surface area contributed by atoms with Crippen LogP contribution in [-0.2, 0) is 4.79 Å².